The first-order chi connectivity index (χ1) is 21.3. The normalized spacial score (nSPS) is 13.6. The third-order valence-electron chi connectivity index (χ3n) is 7.06. The molecule has 0 N–H and O–H groups in total. The van der Waals surface area contributed by atoms with Crippen molar-refractivity contribution in [1.29, 1.82) is 0 Å². The molecule has 0 amide bonds. The highest BCUT2D eigenvalue weighted by Gasteiger charge is 2.27. The molecule has 0 saturated heterocycles. The zero-order valence-electron chi connectivity index (χ0n) is 23.3. The third-order valence-corrected chi connectivity index (χ3v) is 7.06. The van der Waals surface area contributed by atoms with Crippen molar-refractivity contribution in [3.05, 3.63) is 174 Å². The second-order valence-electron chi connectivity index (χ2n) is 9.89. The summed E-state index contributed by atoms with van der Waals surface area (Å²) in [5.74, 6) is 2.49. The lowest BCUT2D eigenvalue weighted by atomic mass is 9.86. The lowest BCUT2D eigenvalue weighted by molar-refractivity contribution is -2.00. The first kappa shape index (κ1) is 29.0. The minimum atomic E-state index is -4.94. The average Bonchev–Trinajstić information content (AvgIpc) is 3.05. The summed E-state index contributed by atoms with van der Waals surface area (Å²) in [6, 6.07) is 49.9. The zero-order chi connectivity index (χ0) is 30.5. The van der Waals surface area contributed by atoms with Crippen LogP contribution in [0.25, 0.3) is 39.2 Å². The first-order valence-electron chi connectivity index (χ1n) is 13.7. The maximum Gasteiger partial charge on any atom is 0.361 e. The summed E-state index contributed by atoms with van der Waals surface area (Å²) < 4.78 is 46.9. The first-order valence-corrected chi connectivity index (χ1v) is 15.0. The summed E-state index contributed by atoms with van der Waals surface area (Å²) in [4.78, 5) is 0. The van der Waals surface area contributed by atoms with Crippen LogP contribution < -0.4 is 23.4 Å². The molecule has 0 bridgehead atoms. The molecule has 216 valence electrons. The lowest BCUT2D eigenvalue weighted by Crippen LogP contribution is -2.68. The molecule has 44 heavy (non-hydrogen) atoms. The summed E-state index contributed by atoms with van der Waals surface area (Å²) in [6.45, 7) is 0. The molecule has 0 saturated carbocycles. The van der Waals surface area contributed by atoms with Gasteiger partial charge in [-0.3, -0.25) is 0 Å². The molecule has 0 aliphatic carbocycles. The smallest absolute Gasteiger partial charge is 0.361 e. The van der Waals surface area contributed by atoms with E-state index in [1.54, 1.807) is 0 Å². The molecular formula is C37H25ClO6. The quantitative estimate of drug-likeness (QED) is 0.263. The van der Waals surface area contributed by atoms with Crippen LogP contribution in [0.3, 0.4) is 0 Å². The fourth-order valence-corrected chi connectivity index (χ4v) is 5.23. The van der Waals surface area contributed by atoms with Gasteiger partial charge in [0.2, 0.25) is 0 Å². The number of para-hydroxylation sites is 2. The van der Waals surface area contributed by atoms with Crippen LogP contribution in [0.4, 0.5) is 0 Å². The number of rotatable bonds is 4. The molecule has 6 nitrogen and oxygen atoms in total. The van der Waals surface area contributed by atoms with Gasteiger partial charge >= 0.3 is 11.3 Å². The van der Waals surface area contributed by atoms with Crippen molar-refractivity contribution in [2.24, 2.45) is 0 Å². The van der Waals surface area contributed by atoms with Crippen LogP contribution in [-0.4, -0.2) is 0 Å². The van der Waals surface area contributed by atoms with Gasteiger partial charge in [0.25, 0.3) is 0 Å². The molecular weight excluding hydrogens is 576 g/mol. The van der Waals surface area contributed by atoms with E-state index in [2.05, 4.69) is 91.0 Å². The van der Waals surface area contributed by atoms with Crippen molar-refractivity contribution >= 4 is 27.9 Å². The summed E-state index contributed by atoms with van der Waals surface area (Å²) >= 11 is 0. The number of hydrogen-bond acceptors (Lipinski definition) is 5. The van der Waals surface area contributed by atoms with Gasteiger partial charge in [-0.25, -0.2) is 23.1 Å². The minimum absolute atomic E-state index is 0.825. The Morgan fingerprint density at radius 3 is 1.82 bits per heavy atom. The van der Waals surface area contributed by atoms with E-state index in [4.69, 9.17) is 27.8 Å². The molecule has 1 aromatic heterocycles. The monoisotopic (exact) mass is 600 g/mol. The van der Waals surface area contributed by atoms with Gasteiger partial charge < -0.3 is 4.74 Å². The molecule has 7 rings (SSSR count). The number of allylic oxidation sites excluding steroid dienone is 2. The van der Waals surface area contributed by atoms with Crippen molar-refractivity contribution < 1.29 is 38.0 Å². The van der Waals surface area contributed by atoms with Crippen LogP contribution in [0.1, 0.15) is 22.3 Å². The Labute approximate surface area is 256 Å². The van der Waals surface area contributed by atoms with Crippen molar-refractivity contribution in [2.45, 2.75) is 0 Å². The summed E-state index contributed by atoms with van der Waals surface area (Å²) in [7, 11) is -4.94. The Kier molecular flexibility index (Phi) is 8.34. The van der Waals surface area contributed by atoms with Crippen LogP contribution in [0, 0.1) is 10.2 Å². The van der Waals surface area contributed by atoms with E-state index in [1.807, 2.05) is 60.7 Å². The third kappa shape index (κ3) is 6.61. The number of ether oxygens (including phenoxy) is 1. The molecule has 6 aromatic rings. The standard InChI is InChI=1S/C37H25O2.ClHO4/c1-4-14-26(15-5-1)35-24-31(29-20-10-12-22-33(29)38-35)37(28-18-8-3-9-19-28)32-25-36(27-16-6-2-7-17-27)39-34-23-13-11-21-30(32)34;2-1(3,4)5/h1-25H;(H,2,3,4,5)/q+1;/p-1. The second kappa shape index (κ2) is 12.7. The van der Waals surface area contributed by atoms with Crippen molar-refractivity contribution in [3.63, 3.8) is 0 Å². The molecule has 7 heteroatoms. The van der Waals surface area contributed by atoms with Gasteiger partial charge in [-0.2, -0.15) is 0 Å². The van der Waals surface area contributed by atoms with E-state index < -0.39 is 10.2 Å². The number of halogens is 1. The van der Waals surface area contributed by atoms with Crippen LogP contribution in [0.5, 0.6) is 5.75 Å². The van der Waals surface area contributed by atoms with Gasteiger partial charge in [-0.05, 0) is 47.1 Å². The van der Waals surface area contributed by atoms with E-state index in [9.17, 15) is 0 Å². The Morgan fingerprint density at radius 2 is 1.14 bits per heavy atom. The topological polar surface area (TPSA) is 113 Å². The van der Waals surface area contributed by atoms with Crippen molar-refractivity contribution in [2.75, 3.05) is 0 Å². The number of hydrogen-bond donors (Lipinski definition) is 0. The highest BCUT2D eigenvalue weighted by atomic mass is 35.7. The maximum absolute atomic E-state index is 8.49. The average molecular weight is 601 g/mol. The van der Waals surface area contributed by atoms with E-state index >= 15 is 0 Å². The predicted molar refractivity (Wildman–Crippen MR) is 160 cm³/mol. The van der Waals surface area contributed by atoms with Crippen LogP contribution >= 0.6 is 0 Å². The van der Waals surface area contributed by atoms with Gasteiger partial charge in [0.05, 0.1) is 17.0 Å². The molecule has 1 aliphatic rings. The van der Waals surface area contributed by atoms with E-state index in [1.165, 1.54) is 0 Å². The number of fused-ring (bicyclic) bond motifs is 2. The molecule has 2 heterocycles. The van der Waals surface area contributed by atoms with Crippen molar-refractivity contribution in [1.82, 2.24) is 0 Å². The van der Waals surface area contributed by atoms with E-state index in [0.717, 1.165) is 67.2 Å². The van der Waals surface area contributed by atoms with Gasteiger partial charge in [-0.15, -0.1) is 10.2 Å². The lowest BCUT2D eigenvalue weighted by Gasteiger charge is -2.24. The number of benzene rings is 5. The zero-order valence-corrected chi connectivity index (χ0v) is 24.0. The summed E-state index contributed by atoms with van der Waals surface area (Å²) in [5.41, 5.74) is 8.45. The molecule has 5 aromatic carbocycles. The highest BCUT2D eigenvalue weighted by Crippen LogP contribution is 2.45. The van der Waals surface area contributed by atoms with E-state index in [0.29, 0.717) is 0 Å². The van der Waals surface area contributed by atoms with Gasteiger partial charge in [-0.1, -0.05) is 109 Å². The van der Waals surface area contributed by atoms with E-state index in [-0.39, 0.29) is 0 Å². The Bertz CT molecular complexity index is 1960. The Morgan fingerprint density at radius 1 is 0.591 bits per heavy atom. The molecule has 0 atom stereocenters. The van der Waals surface area contributed by atoms with Gasteiger partial charge in [0.1, 0.15) is 11.5 Å². The summed E-state index contributed by atoms with van der Waals surface area (Å²) in [5, 5.41) is 1.06. The van der Waals surface area contributed by atoms with Crippen molar-refractivity contribution in [3.8, 4) is 17.1 Å². The Hall–Kier alpha value is -5.08. The highest BCUT2D eigenvalue weighted by molar-refractivity contribution is 6.10. The van der Waals surface area contributed by atoms with Crippen LogP contribution in [-0.2, 0) is 0 Å². The fourth-order valence-electron chi connectivity index (χ4n) is 5.23. The maximum atomic E-state index is 8.49. The predicted octanol–water partition coefficient (Wildman–Crippen LogP) is 5.02. The van der Waals surface area contributed by atoms with Crippen LogP contribution in [0.15, 0.2) is 156 Å². The molecule has 1 aliphatic heterocycles. The van der Waals surface area contributed by atoms with Crippen LogP contribution in [0.2, 0.25) is 0 Å². The molecule has 0 spiro atoms. The SMILES string of the molecule is C1=C(c2ccccc2)Oc2ccccc2C1=C(c1ccccc1)c1cc(-c2ccccc2)[o+]c2ccccc12.[O-][Cl+3]([O-])([O-])[O-]. The fraction of sp³-hybridized carbons (Fsp3) is 0. The molecule has 0 fully saturated rings. The Balaban J connectivity index is 0.000000637. The molecule has 0 radical (unpaired) electrons. The van der Waals surface area contributed by atoms with Gasteiger partial charge in [0.15, 0.2) is 0 Å². The molecule has 0 unspecified atom stereocenters. The van der Waals surface area contributed by atoms with Gasteiger partial charge in [0, 0.05) is 22.8 Å². The second-order valence-corrected chi connectivity index (χ2v) is 10.6. The largest absolute Gasteiger partial charge is 0.456 e. The minimum Gasteiger partial charge on any atom is -0.456 e. The summed E-state index contributed by atoms with van der Waals surface area (Å²) in [6.07, 6.45) is 2.18.